The van der Waals surface area contributed by atoms with Crippen LogP contribution in [-0.4, -0.2) is 11.6 Å². The average molecular weight is 198 g/mol. The van der Waals surface area contributed by atoms with Crippen molar-refractivity contribution in [3.8, 4) is 0 Å². The molecule has 0 bridgehead atoms. The molecule has 0 aromatic heterocycles. The summed E-state index contributed by atoms with van der Waals surface area (Å²) in [5.74, 6) is -0.0602. The molecule has 0 N–H and O–H groups in total. The zero-order valence-electron chi connectivity index (χ0n) is 9.80. The number of ether oxygens (including phenoxy) is 1. The number of rotatable bonds is 2. The predicted molar refractivity (Wildman–Crippen MR) is 59.1 cm³/mol. The van der Waals surface area contributed by atoms with Crippen molar-refractivity contribution in [2.45, 2.75) is 59.0 Å². The van der Waals surface area contributed by atoms with Crippen LogP contribution in [0.15, 0.2) is 12.2 Å². The van der Waals surface area contributed by atoms with E-state index in [1.165, 1.54) is 12.8 Å². The quantitative estimate of drug-likeness (QED) is 0.501. The first-order valence-corrected chi connectivity index (χ1v) is 5.38. The van der Waals surface area contributed by atoms with Gasteiger partial charge in [0, 0.05) is 6.42 Å². The van der Waals surface area contributed by atoms with E-state index in [9.17, 15) is 4.79 Å². The third kappa shape index (κ3) is 6.70. The van der Waals surface area contributed by atoms with E-state index in [1.807, 2.05) is 13.8 Å². The number of hydrogen-bond donors (Lipinski definition) is 0. The molecule has 1 fully saturated rings. The van der Waals surface area contributed by atoms with Crippen LogP contribution in [0.5, 0.6) is 0 Å². The lowest BCUT2D eigenvalue weighted by atomic mass is 10.1. The molecule has 2 heteroatoms. The van der Waals surface area contributed by atoms with Crippen LogP contribution in [0, 0.1) is 0 Å². The van der Waals surface area contributed by atoms with Gasteiger partial charge in [-0.1, -0.05) is 26.0 Å². The molecule has 0 unspecified atom stereocenters. The fourth-order valence-electron chi connectivity index (χ4n) is 1.15. The highest BCUT2D eigenvalue weighted by Crippen LogP contribution is 2.24. The van der Waals surface area contributed by atoms with Crippen LogP contribution in [0.25, 0.3) is 0 Å². The van der Waals surface area contributed by atoms with E-state index in [-0.39, 0.29) is 11.6 Å². The highest BCUT2D eigenvalue weighted by Gasteiger charge is 2.30. The van der Waals surface area contributed by atoms with Gasteiger partial charge in [0.15, 0.2) is 0 Å². The fraction of sp³-hybridized carbons (Fsp3) is 0.750. The number of cyclic esters (lactones) is 1. The van der Waals surface area contributed by atoms with E-state index in [2.05, 4.69) is 26.0 Å². The molecule has 1 aliphatic rings. The maximum atomic E-state index is 10.4. The highest BCUT2D eigenvalue weighted by atomic mass is 16.6. The van der Waals surface area contributed by atoms with E-state index in [4.69, 9.17) is 4.74 Å². The van der Waals surface area contributed by atoms with Gasteiger partial charge in [0.2, 0.25) is 0 Å². The molecule has 0 amide bonds. The number of allylic oxidation sites excluding steroid dienone is 2. The van der Waals surface area contributed by atoms with Gasteiger partial charge in [-0.05, 0) is 33.1 Å². The van der Waals surface area contributed by atoms with Crippen LogP contribution in [0.3, 0.4) is 0 Å². The van der Waals surface area contributed by atoms with Gasteiger partial charge in [0.05, 0.1) is 0 Å². The fourth-order valence-corrected chi connectivity index (χ4v) is 1.15. The zero-order valence-corrected chi connectivity index (χ0v) is 9.80. The topological polar surface area (TPSA) is 26.3 Å². The molecule has 0 aliphatic carbocycles. The SMILES string of the molecule is CC/C=C\CC.CC1(C)CCC(=O)O1. The van der Waals surface area contributed by atoms with Gasteiger partial charge in [-0.25, -0.2) is 0 Å². The van der Waals surface area contributed by atoms with Crippen molar-refractivity contribution in [2.24, 2.45) is 0 Å². The third-order valence-electron chi connectivity index (χ3n) is 1.96. The van der Waals surface area contributed by atoms with Crippen LogP contribution in [0.4, 0.5) is 0 Å². The second-order valence-electron chi connectivity index (χ2n) is 4.02. The first-order chi connectivity index (χ1) is 6.52. The molecular weight excluding hydrogens is 176 g/mol. The summed E-state index contributed by atoms with van der Waals surface area (Å²) >= 11 is 0. The maximum absolute atomic E-state index is 10.4. The summed E-state index contributed by atoms with van der Waals surface area (Å²) in [4.78, 5) is 10.4. The summed E-state index contributed by atoms with van der Waals surface area (Å²) in [6, 6.07) is 0. The Balaban J connectivity index is 0.000000255. The summed E-state index contributed by atoms with van der Waals surface area (Å²) in [6.45, 7) is 8.15. The Morgan fingerprint density at radius 3 is 1.93 bits per heavy atom. The van der Waals surface area contributed by atoms with Crippen molar-refractivity contribution in [3.63, 3.8) is 0 Å². The Bertz CT molecular complexity index is 186. The lowest BCUT2D eigenvalue weighted by Gasteiger charge is -2.14. The summed E-state index contributed by atoms with van der Waals surface area (Å²) in [7, 11) is 0. The van der Waals surface area contributed by atoms with Crippen LogP contribution < -0.4 is 0 Å². The largest absolute Gasteiger partial charge is 0.460 e. The molecule has 1 rings (SSSR count). The molecule has 1 aliphatic heterocycles. The van der Waals surface area contributed by atoms with Crippen molar-refractivity contribution < 1.29 is 9.53 Å². The number of carbonyl (C=O) groups is 1. The lowest BCUT2D eigenvalue weighted by Crippen LogP contribution is -2.17. The van der Waals surface area contributed by atoms with E-state index >= 15 is 0 Å². The first kappa shape index (κ1) is 13.2. The Hall–Kier alpha value is -0.790. The molecular formula is C12H22O2. The van der Waals surface area contributed by atoms with Gasteiger partial charge < -0.3 is 4.74 Å². The minimum absolute atomic E-state index is 0.0602. The maximum Gasteiger partial charge on any atom is 0.306 e. The van der Waals surface area contributed by atoms with Gasteiger partial charge in [0.1, 0.15) is 5.60 Å². The van der Waals surface area contributed by atoms with Crippen molar-refractivity contribution in [1.29, 1.82) is 0 Å². The summed E-state index contributed by atoms with van der Waals surface area (Å²) < 4.78 is 4.91. The summed E-state index contributed by atoms with van der Waals surface area (Å²) in [5, 5.41) is 0. The van der Waals surface area contributed by atoms with E-state index in [1.54, 1.807) is 0 Å². The molecule has 0 spiro atoms. The van der Waals surface area contributed by atoms with Gasteiger partial charge in [-0.3, -0.25) is 4.79 Å². The standard InChI is InChI=1S/C6H10O2.C6H12/c1-6(2)4-3-5(7)8-6;1-3-5-6-4-2/h3-4H2,1-2H3;5-6H,3-4H2,1-2H3/b;6-5-. The molecule has 0 saturated carbocycles. The van der Waals surface area contributed by atoms with Crippen LogP contribution in [-0.2, 0) is 9.53 Å². The molecule has 0 radical (unpaired) electrons. The van der Waals surface area contributed by atoms with E-state index in [0.29, 0.717) is 6.42 Å². The molecule has 1 heterocycles. The predicted octanol–water partition coefficient (Wildman–Crippen LogP) is 3.46. The Morgan fingerprint density at radius 2 is 1.79 bits per heavy atom. The summed E-state index contributed by atoms with van der Waals surface area (Å²) in [5.41, 5.74) is -0.183. The van der Waals surface area contributed by atoms with Gasteiger partial charge in [-0.2, -0.15) is 0 Å². The molecule has 0 atom stereocenters. The molecule has 1 saturated heterocycles. The van der Waals surface area contributed by atoms with Gasteiger partial charge >= 0.3 is 5.97 Å². The van der Waals surface area contributed by atoms with Gasteiger partial charge in [-0.15, -0.1) is 0 Å². The smallest absolute Gasteiger partial charge is 0.306 e. The zero-order chi connectivity index (χ0) is 11.0. The minimum atomic E-state index is -0.183. The molecule has 0 aromatic rings. The van der Waals surface area contributed by atoms with E-state index in [0.717, 1.165) is 6.42 Å². The van der Waals surface area contributed by atoms with Gasteiger partial charge in [0.25, 0.3) is 0 Å². The average Bonchev–Trinajstić information content (AvgIpc) is 2.42. The second-order valence-corrected chi connectivity index (χ2v) is 4.02. The van der Waals surface area contributed by atoms with Crippen LogP contribution in [0.1, 0.15) is 53.4 Å². The van der Waals surface area contributed by atoms with Crippen LogP contribution >= 0.6 is 0 Å². The molecule has 82 valence electrons. The Labute approximate surface area is 87.3 Å². The monoisotopic (exact) mass is 198 g/mol. The Morgan fingerprint density at radius 1 is 1.29 bits per heavy atom. The second kappa shape index (κ2) is 6.63. The minimum Gasteiger partial charge on any atom is -0.460 e. The van der Waals surface area contributed by atoms with Crippen LogP contribution in [0.2, 0.25) is 0 Å². The molecule has 0 aromatic carbocycles. The number of hydrogen-bond acceptors (Lipinski definition) is 2. The van der Waals surface area contributed by atoms with Crippen molar-refractivity contribution in [3.05, 3.63) is 12.2 Å². The van der Waals surface area contributed by atoms with E-state index < -0.39 is 0 Å². The molecule has 14 heavy (non-hydrogen) atoms. The third-order valence-corrected chi connectivity index (χ3v) is 1.96. The normalized spacial score (nSPS) is 19.0. The number of esters is 1. The Kier molecular flexibility index (Phi) is 6.26. The van der Waals surface area contributed by atoms with Crippen molar-refractivity contribution in [2.75, 3.05) is 0 Å². The summed E-state index contributed by atoms with van der Waals surface area (Å²) in [6.07, 6.45) is 8.17. The lowest BCUT2D eigenvalue weighted by molar-refractivity contribution is -0.145. The van der Waals surface area contributed by atoms with Crippen molar-refractivity contribution >= 4 is 5.97 Å². The number of carbonyl (C=O) groups excluding carboxylic acids is 1. The van der Waals surface area contributed by atoms with Crippen molar-refractivity contribution in [1.82, 2.24) is 0 Å². The highest BCUT2D eigenvalue weighted by molar-refractivity contribution is 5.72. The first-order valence-electron chi connectivity index (χ1n) is 5.38. The molecule has 2 nitrogen and oxygen atoms in total.